The van der Waals surface area contributed by atoms with E-state index < -0.39 is 0 Å². The van der Waals surface area contributed by atoms with Crippen molar-refractivity contribution in [2.45, 2.75) is 32.2 Å². The fourth-order valence-corrected chi connectivity index (χ4v) is 2.50. The first-order valence-corrected chi connectivity index (χ1v) is 7.58. The number of hydrogen-bond acceptors (Lipinski definition) is 1. The molecule has 0 radical (unpaired) electrons. The number of likely N-dealkylation sites (N-methyl/N-ethyl adjacent to an activating group) is 1. The third-order valence-electron chi connectivity index (χ3n) is 3.72. The first-order chi connectivity index (χ1) is 9.71. The average Bonchev–Trinajstić information content (AvgIpc) is 2.49. The quantitative estimate of drug-likeness (QED) is 0.836. The molecule has 0 aliphatic heterocycles. The maximum absolute atomic E-state index is 5.92. The molecule has 0 fully saturated rings. The smallest absolute Gasteiger partial charge is 0.0406 e. The summed E-state index contributed by atoms with van der Waals surface area (Å²) in [5, 5.41) is 4.21. The molecule has 0 saturated carbocycles. The van der Waals surface area contributed by atoms with Crippen molar-refractivity contribution < 1.29 is 0 Å². The number of hydrogen-bond donors (Lipinski definition) is 1. The SMILES string of the molecule is CCc1ccc(CC(Cc2ccc(Cl)cc2)NC)cc1. The minimum absolute atomic E-state index is 0.448. The predicted molar refractivity (Wildman–Crippen MR) is 87.5 cm³/mol. The van der Waals surface area contributed by atoms with Crippen molar-refractivity contribution in [1.82, 2.24) is 5.32 Å². The standard InChI is InChI=1S/C18H22ClN/c1-3-14-4-6-15(7-5-14)12-18(20-2)13-16-8-10-17(19)11-9-16/h4-11,18,20H,3,12-13H2,1-2H3. The Morgan fingerprint density at radius 2 is 1.30 bits per heavy atom. The van der Waals surface area contributed by atoms with Gasteiger partial charge in [-0.3, -0.25) is 0 Å². The van der Waals surface area contributed by atoms with Crippen LogP contribution < -0.4 is 5.32 Å². The lowest BCUT2D eigenvalue weighted by molar-refractivity contribution is 0.556. The molecule has 0 heterocycles. The van der Waals surface area contributed by atoms with Gasteiger partial charge in [-0.25, -0.2) is 0 Å². The number of halogens is 1. The highest BCUT2D eigenvalue weighted by atomic mass is 35.5. The first-order valence-electron chi connectivity index (χ1n) is 7.20. The van der Waals surface area contributed by atoms with Crippen molar-refractivity contribution in [2.24, 2.45) is 0 Å². The van der Waals surface area contributed by atoms with Gasteiger partial charge in [0.05, 0.1) is 0 Å². The van der Waals surface area contributed by atoms with Gasteiger partial charge in [-0.1, -0.05) is 54.9 Å². The van der Waals surface area contributed by atoms with Gasteiger partial charge in [0.1, 0.15) is 0 Å². The molecule has 2 aromatic carbocycles. The van der Waals surface area contributed by atoms with Gasteiger partial charge >= 0.3 is 0 Å². The average molecular weight is 288 g/mol. The van der Waals surface area contributed by atoms with E-state index in [1.165, 1.54) is 16.7 Å². The lowest BCUT2D eigenvalue weighted by Crippen LogP contribution is -2.29. The van der Waals surface area contributed by atoms with Gasteiger partial charge in [-0.15, -0.1) is 0 Å². The first kappa shape index (κ1) is 15.1. The van der Waals surface area contributed by atoms with E-state index in [0.717, 1.165) is 24.3 Å². The van der Waals surface area contributed by atoms with Crippen LogP contribution >= 0.6 is 11.6 Å². The molecule has 1 N–H and O–H groups in total. The predicted octanol–water partition coefficient (Wildman–Crippen LogP) is 4.28. The Bertz CT molecular complexity index is 516. The maximum Gasteiger partial charge on any atom is 0.0406 e. The van der Waals surface area contributed by atoms with Gasteiger partial charge in [-0.2, -0.15) is 0 Å². The summed E-state index contributed by atoms with van der Waals surface area (Å²) < 4.78 is 0. The highest BCUT2D eigenvalue weighted by molar-refractivity contribution is 6.30. The molecule has 2 rings (SSSR count). The molecule has 0 aromatic heterocycles. The van der Waals surface area contributed by atoms with Crippen LogP contribution in [0.2, 0.25) is 5.02 Å². The van der Waals surface area contributed by atoms with Crippen LogP contribution in [-0.4, -0.2) is 13.1 Å². The Kier molecular flexibility index (Phi) is 5.63. The Labute approximate surface area is 127 Å². The van der Waals surface area contributed by atoms with Gasteiger partial charge in [0.15, 0.2) is 0 Å². The molecule has 0 bridgehead atoms. The summed E-state index contributed by atoms with van der Waals surface area (Å²) in [7, 11) is 2.03. The minimum Gasteiger partial charge on any atom is -0.316 e. The van der Waals surface area contributed by atoms with Gasteiger partial charge in [-0.05, 0) is 55.1 Å². The lowest BCUT2D eigenvalue weighted by Gasteiger charge is -2.16. The van der Waals surface area contributed by atoms with E-state index in [9.17, 15) is 0 Å². The largest absolute Gasteiger partial charge is 0.316 e. The third kappa shape index (κ3) is 4.36. The summed E-state index contributed by atoms with van der Waals surface area (Å²) in [6, 6.07) is 17.5. The second kappa shape index (κ2) is 7.47. The molecule has 1 nitrogen and oxygen atoms in total. The van der Waals surface area contributed by atoms with Crippen molar-refractivity contribution in [2.75, 3.05) is 7.05 Å². The van der Waals surface area contributed by atoms with Crippen molar-refractivity contribution in [3.8, 4) is 0 Å². The number of rotatable bonds is 6. The van der Waals surface area contributed by atoms with Gasteiger partial charge in [0.2, 0.25) is 0 Å². The molecule has 0 aliphatic rings. The zero-order chi connectivity index (χ0) is 14.4. The molecule has 106 valence electrons. The highest BCUT2D eigenvalue weighted by Gasteiger charge is 2.08. The molecule has 0 aliphatic carbocycles. The van der Waals surface area contributed by atoms with Gasteiger partial charge in [0.25, 0.3) is 0 Å². The summed E-state index contributed by atoms with van der Waals surface area (Å²) in [6.07, 6.45) is 3.16. The Hall–Kier alpha value is -1.31. The molecular weight excluding hydrogens is 266 g/mol. The molecule has 1 atom stereocenters. The summed E-state index contributed by atoms with van der Waals surface area (Å²) in [4.78, 5) is 0. The van der Waals surface area contributed by atoms with E-state index in [1.54, 1.807) is 0 Å². The van der Waals surface area contributed by atoms with Crippen molar-refractivity contribution in [3.05, 3.63) is 70.2 Å². The monoisotopic (exact) mass is 287 g/mol. The second-order valence-corrected chi connectivity index (χ2v) is 5.63. The molecule has 2 aromatic rings. The molecular formula is C18H22ClN. The van der Waals surface area contributed by atoms with Crippen molar-refractivity contribution >= 4 is 11.6 Å². The molecule has 0 amide bonds. The minimum atomic E-state index is 0.448. The van der Waals surface area contributed by atoms with E-state index in [-0.39, 0.29) is 0 Å². The van der Waals surface area contributed by atoms with Crippen LogP contribution in [0, 0.1) is 0 Å². The van der Waals surface area contributed by atoms with Crippen molar-refractivity contribution in [1.29, 1.82) is 0 Å². The van der Waals surface area contributed by atoms with Gasteiger partial charge < -0.3 is 5.32 Å². The summed E-state index contributed by atoms with van der Waals surface area (Å²) in [5.41, 5.74) is 4.10. The van der Waals surface area contributed by atoms with Crippen LogP contribution in [0.1, 0.15) is 23.6 Å². The van der Waals surface area contributed by atoms with E-state index in [1.807, 2.05) is 19.2 Å². The van der Waals surface area contributed by atoms with Crippen LogP contribution in [0.15, 0.2) is 48.5 Å². The molecule has 0 spiro atoms. The molecule has 20 heavy (non-hydrogen) atoms. The molecule has 0 saturated heterocycles. The summed E-state index contributed by atoms with van der Waals surface area (Å²) in [5.74, 6) is 0. The van der Waals surface area contributed by atoms with E-state index >= 15 is 0 Å². The lowest BCUT2D eigenvalue weighted by atomic mass is 9.98. The Morgan fingerprint density at radius 1 is 0.850 bits per heavy atom. The maximum atomic E-state index is 5.92. The van der Waals surface area contributed by atoms with Crippen LogP contribution in [0.5, 0.6) is 0 Å². The summed E-state index contributed by atoms with van der Waals surface area (Å²) >= 11 is 5.92. The number of aryl methyl sites for hydroxylation is 1. The second-order valence-electron chi connectivity index (χ2n) is 5.19. The normalized spacial score (nSPS) is 12.3. The van der Waals surface area contributed by atoms with Crippen LogP contribution in [0.4, 0.5) is 0 Å². The summed E-state index contributed by atoms with van der Waals surface area (Å²) in [6.45, 7) is 2.19. The van der Waals surface area contributed by atoms with Crippen LogP contribution in [-0.2, 0) is 19.3 Å². The highest BCUT2D eigenvalue weighted by Crippen LogP contribution is 2.14. The zero-order valence-electron chi connectivity index (χ0n) is 12.2. The zero-order valence-corrected chi connectivity index (χ0v) is 13.0. The topological polar surface area (TPSA) is 12.0 Å². The number of benzene rings is 2. The van der Waals surface area contributed by atoms with Crippen molar-refractivity contribution in [3.63, 3.8) is 0 Å². The van der Waals surface area contributed by atoms with Crippen LogP contribution in [0.25, 0.3) is 0 Å². The Balaban J connectivity index is 1.99. The molecule has 2 heteroatoms. The Morgan fingerprint density at radius 3 is 1.75 bits per heavy atom. The molecule has 1 unspecified atom stereocenters. The number of nitrogens with one attached hydrogen (secondary N) is 1. The third-order valence-corrected chi connectivity index (χ3v) is 3.97. The van der Waals surface area contributed by atoms with Gasteiger partial charge in [0, 0.05) is 11.1 Å². The van der Waals surface area contributed by atoms with Crippen LogP contribution in [0.3, 0.4) is 0 Å². The van der Waals surface area contributed by atoms with E-state index in [0.29, 0.717) is 6.04 Å². The van der Waals surface area contributed by atoms with E-state index in [2.05, 4.69) is 48.6 Å². The fourth-order valence-electron chi connectivity index (χ4n) is 2.38. The fraction of sp³-hybridized carbons (Fsp3) is 0.333. The van der Waals surface area contributed by atoms with E-state index in [4.69, 9.17) is 11.6 Å².